The van der Waals surface area contributed by atoms with Crippen LogP contribution in [0.2, 0.25) is 0 Å². The van der Waals surface area contributed by atoms with Crippen LogP contribution in [0.3, 0.4) is 0 Å². The minimum Gasteiger partial charge on any atom is -0.497 e. The van der Waals surface area contributed by atoms with Crippen LogP contribution in [0.4, 0.5) is 0 Å². The molecule has 2 aliphatic rings. The smallest absolute Gasteiger partial charge is 0.204 e. The first kappa shape index (κ1) is 17.0. The number of rotatable bonds is 2. The molecule has 1 heterocycles. The Kier molecular flexibility index (Phi) is 4.45. The Labute approximate surface area is 151 Å². The number of benzene rings is 1. The lowest BCUT2D eigenvalue weighted by Gasteiger charge is -2.42. The van der Waals surface area contributed by atoms with Gasteiger partial charge in [0.05, 0.1) is 36.6 Å². The molecule has 124 valence electrons. The summed E-state index contributed by atoms with van der Waals surface area (Å²) in [7, 11) is 1.60. The van der Waals surface area contributed by atoms with E-state index in [2.05, 4.69) is 18.2 Å². The van der Waals surface area contributed by atoms with Crippen LogP contribution in [0.1, 0.15) is 11.5 Å². The molecule has 3 rings (SSSR count). The molecule has 0 spiro atoms. The number of nitrogens with zero attached hydrogens (tertiary/aromatic N) is 3. The largest absolute Gasteiger partial charge is 0.497 e. The van der Waals surface area contributed by atoms with E-state index in [-0.39, 0.29) is 17.5 Å². The topological polar surface area (TPSA) is 107 Å². The van der Waals surface area contributed by atoms with Crippen molar-refractivity contribution in [1.82, 2.24) is 0 Å². The number of nitriles is 3. The van der Waals surface area contributed by atoms with Gasteiger partial charge in [-0.15, -0.1) is 0 Å². The Morgan fingerprint density at radius 3 is 2.44 bits per heavy atom. The molecule has 2 atom stereocenters. The number of methoxy groups -OCH3 is 1. The van der Waals surface area contributed by atoms with Gasteiger partial charge in [0.15, 0.2) is 0 Å². The van der Waals surface area contributed by atoms with Crippen molar-refractivity contribution in [3.05, 3.63) is 52.7 Å². The van der Waals surface area contributed by atoms with Crippen molar-refractivity contribution in [3.63, 3.8) is 0 Å². The van der Waals surface area contributed by atoms with Gasteiger partial charge in [0.1, 0.15) is 5.75 Å². The van der Waals surface area contributed by atoms with Crippen LogP contribution >= 0.6 is 11.8 Å². The van der Waals surface area contributed by atoms with E-state index in [9.17, 15) is 15.8 Å². The van der Waals surface area contributed by atoms with E-state index in [4.69, 9.17) is 10.5 Å². The Morgan fingerprint density at radius 2 is 1.88 bits per heavy atom. The van der Waals surface area contributed by atoms with Crippen LogP contribution < -0.4 is 10.5 Å². The standard InChI is InChI=1S/C19H16N4OS/c1-24-13-4-2-12(3-5-13)17-14(8-20)18(23)19(10-21,11-22)16-6-7-25-9-15(16)17/h2-6,15,17H,7,9,23H2,1H3. The van der Waals surface area contributed by atoms with Crippen molar-refractivity contribution >= 4 is 11.8 Å². The number of ether oxygens (including phenoxy) is 1. The molecule has 2 unspecified atom stereocenters. The lowest BCUT2D eigenvalue weighted by atomic mass is 9.61. The van der Waals surface area contributed by atoms with Gasteiger partial charge in [-0.1, -0.05) is 18.2 Å². The lowest BCUT2D eigenvalue weighted by molar-refractivity contribution is 0.414. The van der Waals surface area contributed by atoms with E-state index in [0.717, 1.165) is 28.4 Å². The summed E-state index contributed by atoms with van der Waals surface area (Å²) in [6, 6.07) is 13.8. The third kappa shape index (κ3) is 2.45. The number of allylic oxidation sites excluding steroid dienone is 2. The summed E-state index contributed by atoms with van der Waals surface area (Å²) in [5.41, 5.74) is 6.72. The molecule has 0 bridgehead atoms. The van der Waals surface area contributed by atoms with Crippen LogP contribution in [-0.4, -0.2) is 18.6 Å². The molecular formula is C19H16N4OS. The fraction of sp³-hybridized carbons (Fsp3) is 0.316. The summed E-state index contributed by atoms with van der Waals surface area (Å²) in [4.78, 5) is 0. The van der Waals surface area contributed by atoms with E-state index < -0.39 is 5.41 Å². The average molecular weight is 348 g/mol. The van der Waals surface area contributed by atoms with Crippen molar-refractivity contribution in [1.29, 1.82) is 15.8 Å². The van der Waals surface area contributed by atoms with Gasteiger partial charge in [-0.3, -0.25) is 0 Å². The predicted molar refractivity (Wildman–Crippen MR) is 95.1 cm³/mol. The molecule has 1 aromatic rings. The number of hydrogen-bond donors (Lipinski definition) is 1. The maximum absolute atomic E-state index is 9.75. The normalized spacial score (nSPS) is 24.2. The molecule has 0 fully saturated rings. The van der Waals surface area contributed by atoms with Crippen molar-refractivity contribution < 1.29 is 4.74 Å². The molecule has 0 aromatic heterocycles. The predicted octanol–water partition coefficient (Wildman–Crippen LogP) is 2.85. The maximum atomic E-state index is 9.75. The second-order valence-electron chi connectivity index (χ2n) is 5.97. The van der Waals surface area contributed by atoms with Gasteiger partial charge in [0.25, 0.3) is 0 Å². The minimum atomic E-state index is -1.54. The molecule has 1 aromatic carbocycles. The fourth-order valence-electron chi connectivity index (χ4n) is 3.63. The van der Waals surface area contributed by atoms with Gasteiger partial charge < -0.3 is 10.5 Å². The first-order valence-electron chi connectivity index (χ1n) is 7.78. The number of fused-ring (bicyclic) bond motifs is 1. The van der Waals surface area contributed by atoms with Crippen molar-refractivity contribution in [2.75, 3.05) is 18.6 Å². The highest BCUT2D eigenvalue weighted by molar-refractivity contribution is 7.99. The molecule has 25 heavy (non-hydrogen) atoms. The van der Waals surface area contributed by atoms with Gasteiger partial charge in [-0.25, -0.2) is 0 Å². The average Bonchev–Trinajstić information content (AvgIpc) is 2.68. The highest BCUT2D eigenvalue weighted by Gasteiger charge is 2.51. The zero-order valence-corrected chi connectivity index (χ0v) is 14.5. The van der Waals surface area contributed by atoms with Crippen LogP contribution in [-0.2, 0) is 0 Å². The van der Waals surface area contributed by atoms with Crippen molar-refractivity contribution in [3.8, 4) is 24.0 Å². The SMILES string of the molecule is COc1ccc(C2C(C#N)=C(N)C(C#N)(C#N)C3=CCSCC32)cc1. The van der Waals surface area contributed by atoms with E-state index in [0.29, 0.717) is 5.57 Å². The Balaban J connectivity index is 2.25. The van der Waals surface area contributed by atoms with Crippen LogP contribution in [0.25, 0.3) is 0 Å². The first-order chi connectivity index (χ1) is 12.1. The van der Waals surface area contributed by atoms with Crippen molar-refractivity contribution in [2.24, 2.45) is 17.1 Å². The van der Waals surface area contributed by atoms with Gasteiger partial charge in [0, 0.05) is 23.3 Å². The molecule has 5 nitrogen and oxygen atoms in total. The Morgan fingerprint density at radius 1 is 1.20 bits per heavy atom. The number of thioether (sulfide) groups is 1. The molecule has 6 heteroatoms. The number of hydrogen-bond acceptors (Lipinski definition) is 6. The van der Waals surface area contributed by atoms with Crippen LogP contribution in [0.5, 0.6) is 5.75 Å². The van der Waals surface area contributed by atoms with Crippen LogP contribution in [0.15, 0.2) is 47.2 Å². The van der Waals surface area contributed by atoms with Crippen LogP contribution in [0, 0.1) is 45.3 Å². The van der Waals surface area contributed by atoms with E-state index in [1.165, 1.54) is 0 Å². The summed E-state index contributed by atoms with van der Waals surface area (Å²) < 4.78 is 5.20. The third-order valence-electron chi connectivity index (χ3n) is 4.89. The zero-order valence-electron chi connectivity index (χ0n) is 13.7. The fourth-order valence-corrected chi connectivity index (χ4v) is 4.69. The Bertz CT molecular complexity index is 866. The van der Waals surface area contributed by atoms with Gasteiger partial charge >= 0.3 is 0 Å². The van der Waals surface area contributed by atoms with Crippen molar-refractivity contribution in [2.45, 2.75) is 5.92 Å². The quantitative estimate of drug-likeness (QED) is 0.824. The highest BCUT2D eigenvalue weighted by atomic mass is 32.2. The van der Waals surface area contributed by atoms with E-state index in [1.807, 2.05) is 30.3 Å². The third-order valence-corrected chi connectivity index (χ3v) is 5.89. The maximum Gasteiger partial charge on any atom is 0.204 e. The van der Waals surface area contributed by atoms with Gasteiger partial charge in [-0.05, 0) is 23.3 Å². The van der Waals surface area contributed by atoms with E-state index in [1.54, 1.807) is 18.9 Å². The monoisotopic (exact) mass is 348 g/mol. The summed E-state index contributed by atoms with van der Waals surface area (Å²) in [5, 5.41) is 29.2. The minimum absolute atomic E-state index is 0.0650. The van der Waals surface area contributed by atoms with Gasteiger partial charge in [-0.2, -0.15) is 27.5 Å². The molecular weight excluding hydrogens is 332 g/mol. The second kappa shape index (κ2) is 6.55. The Hall–Kier alpha value is -2.88. The summed E-state index contributed by atoms with van der Waals surface area (Å²) in [6.45, 7) is 0. The summed E-state index contributed by atoms with van der Waals surface area (Å²) in [6.07, 6.45) is 1.93. The molecule has 0 saturated heterocycles. The zero-order chi connectivity index (χ0) is 18.0. The van der Waals surface area contributed by atoms with Gasteiger partial charge in [0.2, 0.25) is 5.41 Å². The number of nitrogens with two attached hydrogens (primary N) is 1. The molecule has 0 saturated carbocycles. The highest BCUT2D eigenvalue weighted by Crippen LogP contribution is 2.53. The van der Waals surface area contributed by atoms with E-state index >= 15 is 0 Å². The summed E-state index contributed by atoms with van der Waals surface area (Å²) >= 11 is 1.73. The molecule has 1 aliphatic carbocycles. The first-order valence-corrected chi connectivity index (χ1v) is 8.93. The molecule has 1 aliphatic heterocycles. The summed E-state index contributed by atoms with van der Waals surface area (Å²) in [5.74, 6) is 1.85. The lowest BCUT2D eigenvalue weighted by Crippen LogP contribution is -2.41. The second-order valence-corrected chi connectivity index (χ2v) is 7.04. The molecule has 0 radical (unpaired) electrons. The molecule has 0 amide bonds. The molecule has 2 N–H and O–H groups in total.